The maximum Gasteiger partial charge on any atom is 0.119 e. The molecule has 0 bridgehead atoms. The average molecular weight is 278 g/mol. The highest BCUT2D eigenvalue weighted by molar-refractivity contribution is 6.36. The topological polar surface area (TPSA) is 33.0 Å². The van der Waals surface area contributed by atoms with E-state index in [1.807, 2.05) is 24.3 Å². The molecule has 0 aromatic heterocycles. The summed E-state index contributed by atoms with van der Waals surface area (Å²) >= 11 is 12.0. The zero-order valence-electron chi connectivity index (χ0n) is 9.58. The Morgan fingerprint density at radius 1 is 1.17 bits per heavy atom. The molecule has 0 aliphatic rings. The molecule has 2 nitrogen and oxygen atoms in total. The van der Waals surface area contributed by atoms with Crippen molar-refractivity contribution in [2.45, 2.75) is 0 Å². The Balaban J connectivity index is 2.66. The Bertz CT molecular complexity index is 632. The lowest BCUT2D eigenvalue weighted by Crippen LogP contribution is -1.88. The highest BCUT2D eigenvalue weighted by atomic mass is 35.5. The second-order valence-electron chi connectivity index (χ2n) is 3.65. The molecule has 2 rings (SSSR count). The largest absolute Gasteiger partial charge is 0.497 e. The van der Waals surface area contributed by atoms with Crippen LogP contribution in [0.2, 0.25) is 10.0 Å². The number of halogens is 2. The number of rotatable bonds is 2. The fourth-order valence-electron chi connectivity index (χ4n) is 1.71. The van der Waals surface area contributed by atoms with Gasteiger partial charge in [0.05, 0.1) is 17.7 Å². The minimum atomic E-state index is 0.350. The van der Waals surface area contributed by atoms with Gasteiger partial charge in [-0.2, -0.15) is 5.26 Å². The van der Waals surface area contributed by atoms with E-state index < -0.39 is 0 Å². The van der Waals surface area contributed by atoms with Gasteiger partial charge in [0.1, 0.15) is 11.8 Å². The van der Waals surface area contributed by atoms with E-state index in [1.54, 1.807) is 19.2 Å². The summed E-state index contributed by atoms with van der Waals surface area (Å²) in [6.07, 6.45) is 0. The monoisotopic (exact) mass is 277 g/mol. The lowest BCUT2D eigenvalue weighted by molar-refractivity contribution is 0.415. The lowest BCUT2D eigenvalue weighted by atomic mass is 10.00. The van der Waals surface area contributed by atoms with E-state index in [2.05, 4.69) is 6.07 Å². The molecule has 0 unspecified atom stereocenters. The first-order valence-electron chi connectivity index (χ1n) is 5.19. The Morgan fingerprint density at radius 2 is 1.94 bits per heavy atom. The van der Waals surface area contributed by atoms with Gasteiger partial charge in [-0.3, -0.25) is 0 Å². The van der Waals surface area contributed by atoms with Crippen molar-refractivity contribution in [2.75, 3.05) is 7.11 Å². The molecule has 0 saturated carbocycles. The van der Waals surface area contributed by atoms with Crippen molar-refractivity contribution in [2.24, 2.45) is 0 Å². The number of ether oxygens (including phenoxy) is 1. The Kier molecular flexibility index (Phi) is 3.76. The summed E-state index contributed by atoms with van der Waals surface area (Å²) in [5, 5.41) is 10.0. The Labute approximate surface area is 115 Å². The quantitative estimate of drug-likeness (QED) is 0.807. The molecule has 0 atom stereocenters. The molecule has 0 spiro atoms. The summed E-state index contributed by atoms with van der Waals surface area (Å²) in [5.74, 6) is 0.715. The number of nitriles is 1. The van der Waals surface area contributed by atoms with Crippen LogP contribution in [0.4, 0.5) is 0 Å². The molecule has 18 heavy (non-hydrogen) atoms. The van der Waals surface area contributed by atoms with Gasteiger partial charge in [-0.05, 0) is 29.8 Å². The van der Waals surface area contributed by atoms with Crippen molar-refractivity contribution >= 4 is 23.2 Å². The first kappa shape index (κ1) is 12.8. The lowest BCUT2D eigenvalue weighted by Gasteiger charge is -2.08. The third kappa shape index (κ3) is 2.43. The van der Waals surface area contributed by atoms with Crippen LogP contribution in [-0.2, 0) is 0 Å². The molecule has 0 fully saturated rings. The van der Waals surface area contributed by atoms with Gasteiger partial charge in [0, 0.05) is 10.6 Å². The van der Waals surface area contributed by atoms with Crippen LogP contribution in [0, 0.1) is 11.3 Å². The minimum absolute atomic E-state index is 0.350. The van der Waals surface area contributed by atoms with Crippen molar-refractivity contribution in [3.05, 3.63) is 52.0 Å². The van der Waals surface area contributed by atoms with Crippen molar-refractivity contribution in [3.8, 4) is 22.9 Å². The normalized spacial score (nSPS) is 9.89. The molecule has 90 valence electrons. The molecule has 0 aliphatic carbocycles. The summed E-state index contributed by atoms with van der Waals surface area (Å²) in [4.78, 5) is 0. The molecule has 2 aromatic carbocycles. The first-order chi connectivity index (χ1) is 8.65. The van der Waals surface area contributed by atoms with Crippen LogP contribution < -0.4 is 4.74 Å². The van der Waals surface area contributed by atoms with Gasteiger partial charge >= 0.3 is 0 Å². The predicted octanol–water partition coefficient (Wildman–Crippen LogP) is 4.54. The zero-order valence-corrected chi connectivity index (χ0v) is 11.1. The second kappa shape index (κ2) is 5.30. The number of benzene rings is 2. The maximum absolute atomic E-state index is 9.17. The van der Waals surface area contributed by atoms with Gasteiger partial charge in [-0.1, -0.05) is 35.3 Å². The summed E-state index contributed by atoms with van der Waals surface area (Å²) in [6.45, 7) is 0. The smallest absolute Gasteiger partial charge is 0.119 e. The fraction of sp³-hybridized carbons (Fsp3) is 0.0714. The van der Waals surface area contributed by atoms with Gasteiger partial charge in [0.2, 0.25) is 0 Å². The summed E-state index contributed by atoms with van der Waals surface area (Å²) in [5.41, 5.74) is 1.96. The van der Waals surface area contributed by atoms with E-state index in [4.69, 9.17) is 33.2 Å². The Morgan fingerprint density at radius 3 is 2.61 bits per heavy atom. The van der Waals surface area contributed by atoms with Crippen LogP contribution in [0.3, 0.4) is 0 Å². The average Bonchev–Trinajstić information content (AvgIpc) is 2.38. The summed E-state index contributed by atoms with van der Waals surface area (Å²) in [6, 6.07) is 12.8. The minimum Gasteiger partial charge on any atom is -0.497 e. The molecule has 0 saturated heterocycles. The highest BCUT2D eigenvalue weighted by Gasteiger charge is 2.11. The molecule has 2 aromatic rings. The molecule has 4 heteroatoms. The summed E-state index contributed by atoms with van der Waals surface area (Å²) < 4.78 is 5.16. The van der Waals surface area contributed by atoms with Crippen LogP contribution in [0.1, 0.15) is 5.56 Å². The molecule has 0 heterocycles. The zero-order chi connectivity index (χ0) is 13.1. The van der Waals surface area contributed by atoms with Crippen molar-refractivity contribution in [1.82, 2.24) is 0 Å². The third-order valence-corrected chi connectivity index (χ3v) is 3.06. The van der Waals surface area contributed by atoms with Crippen molar-refractivity contribution in [3.63, 3.8) is 0 Å². The van der Waals surface area contributed by atoms with Gasteiger partial charge < -0.3 is 4.74 Å². The van der Waals surface area contributed by atoms with Gasteiger partial charge in [-0.25, -0.2) is 0 Å². The second-order valence-corrected chi connectivity index (χ2v) is 4.50. The maximum atomic E-state index is 9.17. The van der Waals surface area contributed by atoms with Crippen LogP contribution in [0.25, 0.3) is 11.1 Å². The predicted molar refractivity (Wildman–Crippen MR) is 73.2 cm³/mol. The molecule has 0 amide bonds. The highest BCUT2D eigenvalue weighted by Crippen LogP contribution is 2.33. The molecule has 0 radical (unpaired) electrons. The van der Waals surface area contributed by atoms with Gasteiger partial charge in [0.15, 0.2) is 0 Å². The van der Waals surface area contributed by atoms with Gasteiger partial charge in [0.25, 0.3) is 0 Å². The van der Waals surface area contributed by atoms with Crippen molar-refractivity contribution < 1.29 is 4.74 Å². The van der Waals surface area contributed by atoms with E-state index in [0.29, 0.717) is 26.9 Å². The number of hydrogen-bond acceptors (Lipinski definition) is 2. The first-order valence-corrected chi connectivity index (χ1v) is 5.95. The van der Waals surface area contributed by atoms with Crippen LogP contribution >= 0.6 is 23.2 Å². The van der Waals surface area contributed by atoms with E-state index in [9.17, 15) is 0 Å². The van der Waals surface area contributed by atoms with E-state index in [1.165, 1.54) is 0 Å². The van der Waals surface area contributed by atoms with Crippen LogP contribution in [0.15, 0.2) is 36.4 Å². The SMILES string of the molecule is COc1cccc(-c2cc(Cl)cc(Cl)c2C#N)c1. The number of nitrogens with zero attached hydrogens (tertiary/aromatic N) is 1. The number of methoxy groups -OCH3 is 1. The van der Waals surface area contributed by atoms with E-state index in [0.717, 1.165) is 5.56 Å². The molecular formula is C14H9Cl2NO. The molecule has 0 N–H and O–H groups in total. The molecule has 0 aliphatic heterocycles. The van der Waals surface area contributed by atoms with Crippen LogP contribution in [-0.4, -0.2) is 7.11 Å². The fourth-order valence-corrected chi connectivity index (χ4v) is 2.24. The number of hydrogen-bond donors (Lipinski definition) is 0. The van der Waals surface area contributed by atoms with E-state index >= 15 is 0 Å². The Hall–Kier alpha value is -1.69. The van der Waals surface area contributed by atoms with E-state index in [-0.39, 0.29) is 0 Å². The summed E-state index contributed by atoms with van der Waals surface area (Å²) in [7, 11) is 1.59. The van der Waals surface area contributed by atoms with Crippen LogP contribution in [0.5, 0.6) is 5.75 Å². The van der Waals surface area contributed by atoms with Crippen molar-refractivity contribution in [1.29, 1.82) is 5.26 Å². The van der Waals surface area contributed by atoms with Gasteiger partial charge in [-0.15, -0.1) is 0 Å². The standard InChI is InChI=1S/C14H9Cl2NO/c1-18-11-4-2-3-9(5-11)12-6-10(15)7-14(16)13(12)8-17/h2-7H,1H3. The molecular weight excluding hydrogens is 269 g/mol. The third-order valence-electron chi connectivity index (χ3n) is 2.55.